The number of halogens is 1. The van der Waals surface area contributed by atoms with Gasteiger partial charge in [-0.05, 0) is 37.1 Å². The summed E-state index contributed by atoms with van der Waals surface area (Å²) in [6.45, 7) is 4.50. The monoisotopic (exact) mass is 342 g/mol. The summed E-state index contributed by atoms with van der Waals surface area (Å²) in [5.41, 5.74) is 2.74. The molecular formula is C20H23ClN2O. The molecule has 24 heavy (non-hydrogen) atoms. The predicted octanol–water partition coefficient (Wildman–Crippen LogP) is 3.62. The van der Waals surface area contributed by atoms with Crippen molar-refractivity contribution in [2.75, 3.05) is 31.1 Å². The Bertz CT molecular complexity index is 675. The zero-order chi connectivity index (χ0) is 15.6. The van der Waals surface area contributed by atoms with Crippen LogP contribution >= 0.6 is 12.4 Å². The second kappa shape index (κ2) is 7.37. The van der Waals surface area contributed by atoms with Gasteiger partial charge in [-0.3, -0.25) is 9.69 Å². The predicted molar refractivity (Wildman–Crippen MR) is 100 cm³/mol. The van der Waals surface area contributed by atoms with Crippen LogP contribution in [0, 0.1) is 0 Å². The fourth-order valence-electron chi connectivity index (χ4n) is 3.36. The number of ketones is 1. The molecule has 0 N–H and O–H groups in total. The van der Waals surface area contributed by atoms with Crippen LogP contribution in [0.3, 0.4) is 0 Å². The molecule has 2 aromatic rings. The van der Waals surface area contributed by atoms with E-state index in [4.69, 9.17) is 0 Å². The Morgan fingerprint density at radius 1 is 0.792 bits per heavy atom. The van der Waals surface area contributed by atoms with Crippen LogP contribution < -0.4 is 4.90 Å². The molecule has 0 bridgehead atoms. The molecule has 1 aliphatic heterocycles. The minimum Gasteiger partial charge on any atom is -0.369 e. The first-order chi connectivity index (χ1) is 11.3. The number of carbonyl (C=O) groups excluding carboxylic acids is 1. The van der Waals surface area contributed by atoms with Gasteiger partial charge in [-0.1, -0.05) is 30.3 Å². The van der Waals surface area contributed by atoms with Crippen LogP contribution in [0.15, 0.2) is 54.6 Å². The summed E-state index contributed by atoms with van der Waals surface area (Å²) in [6, 6.07) is 18.4. The maximum absolute atomic E-state index is 12.4. The van der Waals surface area contributed by atoms with Crippen LogP contribution in [0.1, 0.15) is 28.8 Å². The molecule has 1 saturated carbocycles. The van der Waals surface area contributed by atoms with Gasteiger partial charge in [0.25, 0.3) is 0 Å². The highest BCUT2D eigenvalue weighted by Crippen LogP contribution is 2.28. The maximum Gasteiger partial charge on any atom is 0.193 e. The van der Waals surface area contributed by atoms with Gasteiger partial charge in [0.05, 0.1) is 0 Å². The van der Waals surface area contributed by atoms with Crippen molar-refractivity contribution in [3.05, 3.63) is 65.7 Å². The van der Waals surface area contributed by atoms with Crippen LogP contribution in [0.5, 0.6) is 0 Å². The third-order valence-electron chi connectivity index (χ3n) is 4.91. The van der Waals surface area contributed by atoms with Crippen molar-refractivity contribution in [1.82, 2.24) is 4.90 Å². The van der Waals surface area contributed by atoms with Gasteiger partial charge in [-0.25, -0.2) is 0 Å². The first kappa shape index (κ1) is 17.0. The summed E-state index contributed by atoms with van der Waals surface area (Å²) in [5, 5.41) is 0. The minimum atomic E-state index is 0. The highest BCUT2D eigenvalue weighted by molar-refractivity contribution is 6.09. The normalized spacial score (nSPS) is 18.1. The number of carbonyl (C=O) groups is 1. The maximum atomic E-state index is 12.4. The fraction of sp³-hybridized carbons (Fsp3) is 0.350. The zero-order valence-electron chi connectivity index (χ0n) is 13.7. The first-order valence-electron chi connectivity index (χ1n) is 8.50. The summed E-state index contributed by atoms with van der Waals surface area (Å²) in [6.07, 6.45) is 2.77. The van der Waals surface area contributed by atoms with Crippen LogP contribution in [0.25, 0.3) is 0 Å². The summed E-state index contributed by atoms with van der Waals surface area (Å²) >= 11 is 0. The summed E-state index contributed by atoms with van der Waals surface area (Å²) in [5.74, 6) is 0.0932. The van der Waals surface area contributed by atoms with Gasteiger partial charge in [0, 0.05) is 49.0 Å². The van der Waals surface area contributed by atoms with Crippen LogP contribution in [0.4, 0.5) is 5.69 Å². The molecule has 0 radical (unpaired) electrons. The van der Waals surface area contributed by atoms with Gasteiger partial charge in [0.1, 0.15) is 0 Å². The van der Waals surface area contributed by atoms with Gasteiger partial charge in [0.15, 0.2) is 5.78 Å². The first-order valence-corrected chi connectivity index (χ1v) is 8.50. The van der Waals surface area contributed by atoms with E-state index in [-0.39, 0.29) is 18.2 Å². The number of hydrogen-bond acceptors (Lipinski definition) is 3. The van der Waals surface area contributed by atoms with Gasteiger partial charge >= 0.3 is 0 Å². The van der Waals surface area contributed by atoms with E-state index in [1.54, 1.807) is 0 Å². The molecular weight excluding hydrogens is 320 g/mol. The molecule has 2 aliphatic rings. The summed E-state index contributed by atoms with van der Waals surface area (Å²) in [7, 11) is 0. The van der Waals surface area contributed by atoms with Crippen LogP contribution in [-0.2, 0) is 0 Å². The lowest BCUT2D eigenvalue weighted by atomic mass is 10.0. The SMILES string of the molecule is Cl.O=C(c1ccccc1)c1ccc(N2CCN(C3CC3)CC2)cc1. The van der Waals surface area contributed by atoms with Crippen LogP contribution in [-0.4, -0.2) is 42.9 Å². The molecule has 0 aromatic heterocycles. The lowest BCUT2D eigenvalue weighted by Crippen LogP contribution is -2.47. The molecule has 4 rings (SSSR count). The van der Waals surface area contributed by atoms with Gasteiger partial charge < -0.3 is 4.90 Å². The third-order valence-corrected chi connectivity index (χ3v) is 4.91. The Morgan fingerprint density at radius 2 is 1.38 bits per heavy atom. The number of rotatable bonds is 4. The van der Waals surface area contributed by atoms with Crippen molar-refractivity contribution in [1.29, 1.82) is 0 Å². The van der Waals surface area contributed by atoms with Crippen molar-refractivity contribution in [3.8, 4) is 0 Å². The van der Waals surface area contributed by atoms with E-state index in [0.717, 1.165) is 43.3 Å². The smallest absolute Gasteiger partial charge is 0.193 e. The fourth-order valence-corrected chi connectivity index (χ4v) is 3.36. The average molecular weight is 343 g/mol. The lowest BCUT2D eigenvalue weighted by Gasteiger charge is -2.36. The van der Waals surface area contributed by atoms with E-state index in [1.807, 2.05) is 42.5 Å². The zero-order valence-corrected chi connectivity index (χ0v) is 14.5. The standard InChI is InChI=1S/C20H22N2O.ClH/c23-20(16-4-2-1-3-5-16)17-6-8-18(9-7-17)21-12-14-22(15-13-21)19-10-11-19;/h1-9,19H,10-15H2;1H. The van der Waals surface area contributed by atoms with E-state index in [0.29, 0.717) is 0 Å². The largest absolute Gasteiger partial charge is 0.369 e. The molecule has 1 aliphatic carbocycles. The number of piperazine rings is 1. The van der Waals surface area contributed by atoms with Crippen molar-refractivity contribution in [2.45, 2.75) is 18.9 Å². The van der Waals surface area contributed by atoms with Gasteiger partial charge in [-0.2, -0.15) is 0 Å². The molecule has 0 spiro atoms. The number of benzene rings is 2. The van der Waals surface area contributed by atoms with E-state index < -0.39 is 0 Å². The minimum absolute atomic E-state index is 0. The second-order valence-corrected chi connectivity index (χ2v) is 6.50. The molecule has 4 heteroatoms. The number of anilines is 1. The van der Waals surface area contributed by atoms with Gasteiger partial charge in [-0.15, -0.1) is 12.4 Å². The molecule has 3 nitrogen and oxygen atoms in total. The van der Waals surface area contributed by atoms with Crippen molar-refractivity contribution in [3.63, 3.8) is 0 Å². The van der Waals surface area contributed by atoms with Crippen molar-refractivity contribution < 1.29 is 4.79 Å². The van der Waals surface area contributed by atoms with E-state index in [2.05, 4.69) is 21.9 Å². The molecule has 2 aromatic carbocycles. The van der Waals surface area contributed by atoms with E-state index in [1.165, 1.54) is 18.5 Å². The Morgan fingerprint density at radius 3 is 1.96 bits per heavy atom. The Hall–Kier alpha value is -1.84. The molecule has 126 valence electrons. The van der Waals surface area contributed by atoms with Crippen molar-refractivity contribution in [2.24, 2.45) is 0 Å². The molecule has 0 unspecified atom stereocenters. The Labute approximate surface area is 149 Å². The van der Waals surface area contributed by atoms with Crippen LogP contribution in [0.2, 0.25) is 0 Å². The topological polar surface area (TPSA) is 23.6 Å². The molecule has 2 fully saturated rings. The molecule has 1 heterocycles. The Balaban J connectivity index is 0.00000169. The van der Waals surface area contributed by atoms with E-state index >= 15 is 0 Å². The quantitative estimate of drug-likeness (QED) is 0.793. The highest BCUT2D eigenvalue weighted by atomic mass is 35.5. The number of nitrogens with zero attached hydrogens (tertiary/aromatic N) is 2. The number of hydrogen-bond donors (Lipinski definition) is 0. The summed E-state index contributed by atoms with van der Waals surface area (Å²) in [4.78, 5) is 17.5. The lowest BCUT2D eigenvalue weighted by molar-refractivity contribution is 0.103. The van der Waals surface area contributed by atoms with Crippen molar-refractivity contribution >= 4 is 23.9 Å². The van der Waals surface area contributed by atoms with E-state index in [9.17, 15) is 4.79 Å². The second-order valence-electron chi connectivity index (χ2n) is 6.50. The van der Waals surface area contributed by atoms with Gasteiger partial charge in [0.2, 0.25) is 0 Å². The summed E-state index contributed by atoms with van der Waals surface area (Å²) < 4.78 is 0. The molecule has 1 saturated heterocycles. The average Bonchev–Trinajstić information content (AvgIpc) is 3.47. The molecule has 0 atom stereocenters. The molecule has 0 amide bonds. The third kappa shape index (κ3) is 3.63. The highest BCUT2D eigenvalue weighted by Gasteiger charge is 2.31. The Kier molecular flexibility index (Phi) is 5.22.